The molecule has 0 aliphatic rings. The number of aliphatic hydroxyl groups is 1. The van der Waals surface area contributed by atoms with Crippen molar-refractivity contribution in [2.45, 2.75) is 136 Å². The number of amides is 1. The molecular weight excluding hydrogens is 521 g/mol. The smallest absolute Gasteiger partial charge is 0.463 e. The Morgan fingerprint density at radius 1 is 0.769 bits per heavy atom. The molecule has 0 aliphatic heterocycles. The zero-order valence-electron chi connectivity index (χ0n) is 24.6. The highest BCUT2D eigenvalue weighted by Gasteiger charge is 2.23. The summed E-state index contributed by atoms with van der Waals surface area (Å²) in [6, 6.07) is 0. The summed E-state index contributed by atoms with van der Waals surface area (Å²) < 4.78 is 26.4. The lowest BCUT2D eigenvalue weighted by Crippen LogP contribution is -2.27. The molecule has 9 nitrogen and oxygen atoms in total. The number of rotatable bonds is 28. The third-order valence-electron chi connectivity index (χ3n) is 6.20. The van der Waals surface area contributed by atoms with Crippen LogP contribution in [0.3, 0.4) is 0 Å². The molecule has 0 saturated carbocycles. The molecule has 0 fully saturated rings. The number of allylic oxidation sites excluding steroid dienone is 2. The third-order valence-corrected chi connectivity index (χ3v) is 7.18. The Morgan fingerprint density at radius 2 is 1.31 bits per heavy atom. The SMILES string of the molecule is CCCCCC/C=C\CCCCCCCC(=O)NCCOP(=O)(O)OCC(O)COC(=O)CCCCCCC. The van der Waals surface area contributed by atoms with E-state index in [1.54, 1.807) is 0 Å². The van der Waals surface area contributed by atoms with Crippen molar-refractivity contribution < 1.29 is 37.9 Å². The number of aliphatic hydroxyl groups excluding tert-OH is 1. The van der Waals surface area contributed by atoms with Gasteiger partial charge in [0.1, 0.15) is 12.7 Å². The van der Waals surface area contributed by atoms with Gasteiger partial charge in [0.15, 0.2) is 0 Å². The second-order valence-corrected chi connectivity index (χ2v) is 11.5. The summed E-state index contributed by atoms with van der Waals surface area (Å²) in [5.41, 5.74) is 0. The highest BCUT2D eigenvalue weighted by Crippen LogP contribution is 2.42. The Balaban J connectivity index is 3.66. The Bertz CT molecular complexity index is 674. The number of phosphoric ester groups is 1. The first-order valence-corrected chi connectivity index (χ1v) is 16.7. The maximum absolute atomic E-state index is 11.9. The van der Waals surface area contributed by atoms with Crippen molar-refractivity contribution in [3.8, 4) is 0 Å². The molecule has 0 rings (SSSR count). The van der Waals surface area contributed by atoms with Gasteiger partial charge < -0.3 is 20.1 Å². The van der Waals surface area contributed by atoms with E-state index in [4.69, 9.17) is 13.8 Å². The van der Waals surface area contributed by atoms with Crippen LogP contribution in [0, 0.1) is 0 Å². The largest absolute Gasteiger partial charge is 0.472 e. The molecule has 0 aromatic carbocycles. The summed E-state index contributed by atoms with van der Waals surface area (Å²) in [5, 5.41) is 12.5. The molecule has 230 valence electrons. The summed E-state index contributed by atoms with van der Waals surface area (Å²) in [4.78, 5) is 33.3. The van der Waals surface area contributed by atoms with Crippen LogP contribution < -0.4 is 5.32 Å². The van der Waals surface area contributed by atoms with Crippen molar-refractivity contribution >= 4 is 19.7 Å². The van der Waals surface area contributed by atoms with Crippen molar-refractivity contribution in [1.82, 2.24) is 5.32 Å². The predicted molar refractivity (Wildman–Crippen MR) is 155 cm³/mol. The first-order valence-electron chi connectivity index (χ1n) is 15.2. The summed E-state index contributed by atoms with van der Waals surface area (Å²) in [5.74, 6) is -0.540. The summed E-state index contributed by atoms with van der Waals surface area (Å²) >= 11 is 0. The zero-order chi connectivity index (χ0) is 29.0. The Labute approximate surface area is 237 Å². The molecule has 2 atom stereocenters. The Kier molecular flexibility index (Phi) is 26.1. The van der Waals surface area contributed by atoms with Crippen LogP contribution in [0.5, 0.6) is 0 Å². The van der Waals surface area contributed by atoms with Crippen LogP contribution in [0.4, 0.5) is 0 Å². The van der Waals surface area contributed by atoms with Gasteiger partial charge in [0.05, 0.1) is 13.2 Å². The van der Waals surface area contributed by atoms with E-state index in [0.717, 1.165) is 64.2 Å². The quantitative estimate of drug-likeness (QED) is 0.0402. The Hall–Kier alpha value is -1.25. The molecule has 0 heterocycles. The number of nitrogens with one attached hydrogen (secondary N) is 1. The van der Waals surface area contributed by atoms with E-state index in [1.807, 2.05) is 0 Å². The molecule has 0 radical (unpaired) electrons. The minimum atomic E-state index is -4.39. The number of hydrogen-bond acceptors (Lipinski definition) is 7. The number of unbranched alkanes of at least 4 members (excludes halogenated alkanes) is 13. The third kappa shape index (κ3) is 28.1. The summed E-state index contributed by atoms with van der Waals surface area (Å²) in [6.07, 6.45) is 21.8. The molecule has 0 bridgehead atoms. The van der Waals surface area contributed by atoms with E-state index in [0.29, 0.717) is 6.42 Å². The van der Waals surface area contributed by atoms with E-state index in [2.05, 4.69) is 31.3 Å². The minimum Gasteiger partial charge on any atom is -0.463 e. The van der Waals surface area contributed by atoms with Crippen molar-refractivity contribution in [3.05, 3.63) is 12.2 Å². The maximum Gasteiger partial charge on any atom is 0.472 e. The molecule has 3 N–H and O–H groups in total. The zero-order valence-corrected chi connectivity index (χ0v) is 25.5. The second kappa shape index (κ2) is 26.9. The van der Waals surface area contributed by atoms with Gasteiger partial charge >= 0.3 is 13.8 Å². The van der Waals surface area contributed by atoms with Crippen molar-refractivity contribution in [1.29, 1.82) is 0 Å². The van der Waals surface area contributed by atoms with Crippen LogP contribution >= 0.6 is 7.82 Å². The van der Waals surface area contributed by atoms with Gasteiger partial charge in [-0.25, -0.2) is 4.57 Å². The van der Waals surface area contributed by atoms with E-state index < -0.39 is 26.5 Å². The van der Waals surface area contributed by atoms with Crippen LogP contribution in [0.2, 0.25) is 0 Å². The standard InChI is InChI=1S/C29H56NO8P/c1-3-5-7-9-10-11-12-13-14-15-16-18-19-21-28(32)30-23-24-37-39(34,35)38-26-27(31)25-36-29(33)22-20-17-8-6-4-2/h11-12,27,31H,3-10,13-26H2,1-2H3,(H,30,32)(H,34,35)/b12-11-. The highest BCUT2D eigenvalue weighted by atomic mass is 31.2. The van der Waals surface area contributed by atoms with Gasteiger partial charge in [0.2, 0.25) is 5.91 Å². The van der Waals surface area contributed by atoms with Crippen molar-refractivity contribution in [2.24, 2.45) is 0 Å². The molecule has 0 aromatic rings. The van der Waals surface area contributed by atoms with Crippen LogP contribution in [0.15, 0.2) is 12.2 Å². The number of ether oxygens (including phenoxy) is 1. The highest BCUT2D eigenvalue weighted by molar-refractivity contribution is 7.47. The topological polar surface area (TPSA) is 131 Å². The molecule has 0 spiro atoms. The van der Waals surface area contributed by atoms with Crippen LogP contribution in [0.25, 0.3) is 0 Å². The normalized spacial score (nSPS) is 13.8. The molecule has 0 saturated heterocycles. The molecule has 2 unspecified atom stereocenters. The van der Waals surface area contributed by atoms with Gasteiger partial charge in [-0.15, -0.1) is 0 Å². The van der Waals surface area contributed by atoms with Crippen molar-refractivity contribution in [2.75, 3.05) is 26.4 Å². The first-order chi connectivity index (χ1) is 18.8. The van der Waals surface area contributed by atoms with Gasteiger partial charge in [-0.3, -0.25) is 18.6 Å². The van der Waals surface area contributed by atoms with Gasteiger partial charge in [-0.1, -0.05) is 90.2 Å². The van der Waals surface area contributed by atoms with E-state index >= 15 is 0 Å². The summed E-state index contributed by atoms with van der Waals surface area (Å²) in [6.45, 7) is 3.39. The number of carbonyl (C=O) groups is 2. The van der Waals surface area contributed by atoms with Crippen LogP contribution in [-0.2, 0) is 27.9 Å². The summed E-state index contributed by atoms with van der Waals surface area (Å²) in [7, 11) is -4.39. The molecule has 39 heavy (non-hydrogen) atoms. The molecule has 0 aliphatic carbocycles. The number of esters is 1. The monoisotopic (exact) mass is 577 g/mol. The first kappa shape index (κ1) is 37.8. The van der Waals surface area contributed by atoms with Gasteiger partial charge in [-0.2, -0.15) is 0 Å². The van der Waals surface area contributed by atoms with Crippen LogP contribution in [0.1, 0.15) is 129 Å². The fourth-order valence-corrected chi connectivity index (χ4v) is 4.60. The molecule has 0 aromatic heterocycles. The van der Waals surface area contributed by atoms with Crippen LogP contribution in [-0.4, -0.2) is 54.3 Å². The fourth-order valence-electron chi connectivity index (χ4n) is 3.84. The van der Waals surface area contributed by atoms with Gasteiger partial charge in [-0.05, 0) is 38.5 Å². The predicted octanol–water partition coefficient (Wildman–Crippen LogP) is 6.76. The number of hydrogen-bond donors (Lipinski definition) is 3. The maximum atomic E-state index is 11.9. The minimum absolute atomic E-state index is 0.0793. The van der Waals surface area contributed by atoms with E-state index in [-0.39, 0.29) is 32.1 Å². The van der Waals surface area contributed by atoms with Gasteiger partial charge in [0, 0.05) is 19.4 Å². The molecular formula is C29H56NO8P. The lowest BCUT2D eigenvalue weighted by atomic mass is 10.1. The fraction of sp³-hybridized carbons (Fsp3) is 0.862. The average Bonchev–Trinajstić information content (AvgIpc) is 2.91. The molecule has 1 amide bonds. The van der Waals surface area contributed by atoms with E-state index in [9.17, 15) is 24.2 Å². The molecule has 10 heteroatoms. The van der Waals surface area contributed by atoms with E-state index in [1.165, 1.54) is 38.5 Å². The lowest BCUT2D eigenvalue weighted by Gasteiger charge is -2.15. The Morgan fingerprint density at radius 3 is 1.95 bits per heavy atom. The number of phosphoric acid groups is 1. The number of carbonyl (C=O) groups excluding carboxylic acids is 2. The average molecular weight is 578 g/mol. The van der Waals surface area contributed by atoms with Crippen molar-refractivity contribution in [3.63, 3.8) is 0 Å². The lowest BCUT2D eigenvalue weighted by molar-refractivity contribution is -0.147. The van der Waals surface area contributed by atoms with Gasteiger partial charge in [0.25, 0.3) is 0 Å². The second-order valence-electron chi connectivity index (χ2n) is 10.1.